The number of thiazole rings is 1. The number of carbonyl (C=O) groups is 1. The van der Waals surface area contributed by atoms with Gasteiger partial charge in [-0.2, -0.15) is 0 Å². The molecule has 0 fully saturated rings. The number of phenolic OH excluding ortho intramolecular Hbond substituents is 1. The molecule has 19 heavy (non-hydrogen) atoms. The largest absolute Gasteiger partial charge is 0.506 e. The number of hydrogen-bond donors (Lipinski definition) is 2. The highest BCUT2D eigenvalue weighted by Crippen LogP contribution is 2.28. The molecule has 0 radical (unpaired) electrons. The van der Waals surface area contributed by atoms with Gasteiger partial charge in [-0.1, -0.05) is 0 Å². The third-order valence-electron chi connectivity index (χ3n) is 2.39. The average molecular weight is 279 g/mol. The van der Waals surface area contributed by atoms with Crippen LogP contribution in [0.3, 0.4) is 0 Å². The van der Waals surface area contributed by atoms with Gasteiger partial charge in [-0.15, -0.1) is 11.3 Å². The van der Waals surface area contributed by atoms with Crippen molar-refractivity contribution in [3.05, 3.63) is 44.4 Å². The second-order valence-corrected chi connectivity index (χ2v) is 4.53. The number of nitro benzene ring substituents is 1. The number of aromatic hydroxyl groups is 1. The molecule has 2 aromatic rings. The molecule has 0 unspecified atom stereocenters. The third kappa shape index (κ3) is 2.68. The maximum absolute atomic E-state index is 11.9. The number of hydrogen-bond acceptors (Lipinski definition) is 6. The van der Waals surface area contributed by atoms with Gasteiger partial charge in [-0.25, -0.2) is 4.98 Å². The molecule has 1 amide bonds. The minimum atomic E-state index is -0.604. The van der Waals surface area contributed by atoms with E-state index in [1.165, 1.54) is 5.51 Å². The second-order valence-electron chi connectivity index (χ2n) is 3.68. The van der Waals surface area contributed by atoms with E-state index in [4.69, 9.17) is 0 Å². The van der Waals surface area contributed by atoms with E-state index in [1.54, 1.807) is 6.92 Å². The molecule has 8 heteroatoms. The van der Waals surface area contributed by atoms with Crippen LogP contribution < -0.4 is 5.32 Å². The van der Waals surface area contributed by atoms with Crippen LogP contribution in [-0.4, -0.2) is 20.9 Å². The van der Waals surface area contributed by atoms with Crippen LogP contribution in [0.25, 0.3) is 0 Å². The van der Waals surface area contributed by atoms with Crippen molar-refractivity contribution in [2.45, 2.75) is 6.92 Å². The monoisotopic (exact) mass is 279 g/mol. The molecule has 0 spiro atoms. The summed E-state index contributed by atoms with van der Waals surface area (Å²) in [4.78, 5) is 26.3. The molecule has 0 bridgehead atoms. The molecule has 0 saturated heterocycles. The van der Waals surface area contributed by atoms with Gasteiger partial charge in [0, 0.05) is 12.1 Å². The minimum Gasteiger partial charge on any atom is -0.506 e. The topological polar surface area (TPSA) is 105 Å². The zero-order valence-electron chi connectivity index (χ0n) is 9.78. The number of aryl methyl sites for hydroxylation is 1. The van der Waals surface area contributed by atoms with Crippen LogP contribution in [0, 0.1) is 17.0 Å². The van der Waals surface area contributed by atoms with Crippen LogP contribution in [0.1, 0.15) is 15.4 Å². The molecule has 98 valence electrons. The van der Waals surface area contributed by atoms with Crippen molar-refractivity contribution in [2.75, 3.05) is 5.32 Å². The molecular weight excluding hydrogens is 270 g/mol. The van der Waals surface area contributed by atoms with Gasteiger partial charge >= 0.3 is 0 Å². The van der Waals surface area contributed by atoms with Crippen molar-refractivity contribution >= 4 is 28.6 Å². The minimum absolute atomic E-state index is 0.00741. The Balaban J connectivity index is 2.28. The van der Waals surface area contributed by atoms with Gasteiger partial charge in [-0.05, 0) is 13.0 Å². The maximum atomic E-state index is 11.9. The highest BCUT2D eigenvalue weighted by atomic mass is 32.1. The Morgan fingerprint density at radius 1 is 1.53 bits per heavy atom. The summed E-state index contributed by atoms with van der Waals surface area (Å²) in [6.45, 7) is 1.68. The smallest absolute Gasteiger partial charge is 0.271 e. The lowest BCUT2D eigenvalue weighted by Crippen LogP contribution is -2.11. The Morgan fingerprint density at radius 3 is 2.84 bits per heavy atom. The third-order valence-corrected chi connectivity index (χ3v) is 3.32. The first-order valence-corrected chi connectivity index (χ1v) is 6.06. The van der Waals surface area contributed by atoms with E-state index in [-0.39, 0.29) is 17.1 Å². The Labute approximate surface area is 111 Å². The first-order valence-electron chi connectivity index (χ1n) is 5.18. The van der Waals surface area contributed by atoms with Crippen LogP contribution in [-0.2, 0) is 0 Å². The number of anilines is 1. The highest BCUT2D eigenvalue weighted by Gasteiger charge is 2.16. The summed E-state index contributed by atoms with van der Waals surface area (Å²) >= 11 is 1.15. The SMILES string of the molecule is Cc1ncsc1C(=O)Nc1cc([N+](=O)[O-])ccc1O. The molecule has 1 heterocycles. The van der Waals surface area contributed by atoms with Crippen LogP contribution in [0.4, 0.5) is 11.4 Å². The highest BCUT2D eigenvalue weighted by molar-refractivity contribution is 7.12. The van der Waals surface area contributed by atoms with Gasteiger partial charge in [0.25, 0.3) is 11.6 Å². The number of rotatable bonds is 3. The van der Waals surface area contributed by atoms with Crippen LogP contribution >= 0.6 is 11.3 Å². The van der Waals surface area contributed by atoms with Crippen LogP contribution in [0.15, 0.2) is 23.7 Å². The van der Waals surface area contributed by atoms with Crippen molar-refractivity contribution in [3.63, 3.8) is 0 Å². The summed E-state index contributed by atoms with van der Waals surface area (Å²) in [5.41, 5.74) is 1.87. The van der Waals surface area contributed by atoms with E-state index in [0.29, 0.717) is 10.6 Å². The lowest BCUT2D eigenvalue weighted by atomic mass is 10.2. The predicted molar refractivity (Wildman–Crippen MR) is 69.6 cm³/mol. The molecular formula is C11H9N3O4S. The standard InChI is InChI=1S/C11H9N3O4S/c1-6-10(19-5-12-6)11(16)13-8-4-7(14(17)18)2-3-9(8)15/h2-5,15H,1H3,(H,13,16). The van der Waals surface area contributed by atoms with E-state index < -0.39 is 10.8 Å². The molecule has 0 aliphatic carbocycles. The Hall–Kier alpha value is -2.48. The van der Waals surface area contributed by atoms with E-state index in [1.807, 2.05) is 0 Å². The summed E-state index contributed by atoms with van der Waals surface area (Å²) in [6.07, 6.45) is 0. The average Bonchev–Trinajstić information content (AvgIpc) is 2.78. The first kappa shape index (κ1) is 13.0. The number of aromatic nitrogens is 1. The summed E-state index contributed by atoms with van der Waals surface area (Å²) in [5, 5.41) is 22.6. The van der Waals surface area contributed by atoms with Crippen molar-refractivity contribution in [1.29, 1.82) is 0 Å². The molecule has 0 aliphatic rings. The van der Waals surface area contributed by atoms with Gasteiger partial charge in [0.1, 0.15) is 10.6 Å². The van der Waals surface area contributed by atoms with Crippen molar-refractivity contribution in [2.24, 2.45) is 0 Å². The Morgan fingerprint density at radius 2 is 2.26 bits per heavy atom. The van der Waals surface area contributed by atoms with Gasteiger partial charge in [0.2, 0.25) is 0 Å². The second kappa shape index (κ2) is 5.02. The van der Waals surface area contributed by atoms with Gasteiger partial charge in [0.05, 0.1) is 21.8 Å². The molecule has 2 N–H and O–H groups in total. The molecule has 2 rings (SSSR count). The number of benzene rings is 1. The molecule has 1 aromatic heterocycles. The zero-order valence-corrected chi connectivity index (χ0v) is 10.6. The number of phenols is 1. The first-order chi connectivity index (χ1) is 8.99. The summed E-state index contributed by atoms with van der Waals surface area (Å²) < 4.78 is 0. The fourth-order valence-electron chi connectivity index (χ4n) is 1.44. The number of carbonyl (C=O) groups excluding carboxylic acids is 1. The lowest BCUT2D eigenvalue weighted by molar-refractivity contribution is -0.384. The lowest BCUT2D eigenvalue weighted by Gasteiger charge is -2.06. The molecule has 0 atom stereocenters. The number of nitrogens with one attached hydrogen (secondary N) is 1. The quantitative estimate of drug-likeness (QED) is 0.509. The number of amides is 1. The normalized spacial score (nSPS) is 10.2. The fourth-order valence-corrected chi connectivity index (χ4v) is 2.13. The maximum Gasteiger partial charge on any atom is 0.271 e. The Kier molecular flexibility index (Phi) is 3.43. The summed E-state index contributed by atoms with van der Waals surface area (Å²) in [5.74, 6) is -0.697. The summed E-state index contributed by atoms with van der Waals surface area (Å²) in [7, 11) is 0. The van der Waals surface area contributed by atoms with E-state index in [2.05, 4.69) is 10.3 Å². The van der Waals surface area contributed by atoms with E-state index in [9.17, 15) is 20.0 Å². The van der Waals surface area contributed by atoms with Crippen LogP contribution in [0.5, 0.6) is 5.75 Å². The number of nitro groups is 1. The molecule has 7 nitrogen and oxygen atoms in total. The predicted octanol–water partition coefficient (Wildman–Crippen LogP) is 2.32. The molecule has 0 aliphatic heterocycles. The fraction of sp³-hybridized carbons (Fsp3) is 0.0909. The van der Waals surface area contributed by atoms with Crippen molar-refractivity contribution < 1.29 is 14.8 Å². The van der Waals surface area contributed by atoms with Crippen LogP contribution in [0.2, 0.25) is 0 Å². The molecule has 1 aromatic carbocycles. The van der Waals surface area contributed by atoms with Crippen molar-refractivity contribution in [3.8, 4) is 5.75 Å². The number of nitrogens with zero attached hydrogens (tertiary/aromatic N) is 2. The number of non-ortho nitro benzene ring substituents is 1. The summed E-state index contributed by atoms with van der Waals surface area (Å²) in [6, 6.07) is 3.42. The molecule has 0 saturated carbocycles. The van der Waals surface area contributed by atoms with Gasteiger partial charge in [-0.3, -0.25) is 14.9 Å². The zero-order chi connectivity index (χ0) is 14.0. The van der Waals surface area contributed by atoms with Crippen molar-refractivity contribution in [1.82, 2.24) is 4.98 Å². The van der Waals surface area contributed by atoms with Gasteiger partial charge in [0.15, 0.2) is 0 Å². The van der Waals surface area contributed by atoms with Gasteiger partial charge < -0.3 is 10.4 Å². The van der Waals surface area contributed by atoms with E-state index in [0.717, 1.165) is 29.5 Å². The van der Waals surface area contributed by atoms with E-state index >= 15 is 0 Å². The Bertz CT molecular complexity index is 653.